The summed E-state index contributed by atoms with van der Waals surface area (Å²) < 4.78 is 10.8. The fraction of sp³-hybridized carbons (Fsp3) is 0.389. The van der Waals surface area contributed by atoms with Crippen LogP contribution < -0.4 is 4.74 Å². The molecule has 0 aliphatic heterocycles. The Labute approximate surface area is 141 Å². The van der Waals surface area contributed by atoms with Gasteiger partial charge in [0.15, 0.2) is 17.2 Å². The minimum absolute atomic E-state index is 0.00516. The summed E-state index contributed by atoms with van der Waals surface area (Å²) in [7, 11) is 0. The molecule has 0 spiro atoms. The molecule has 6 heteroatoms. The normalized spacial score (nSPS) is 10.7. The maximum atomic E-state index is 12.3. The lowest BCUT2D eigenvalue weighted by Crippen LogP contribution is -2.36. The molecule has 1 amide bonds. The number of rotatable bonds is 7. The van der Waals surface area contributed by atoms with Crippen LogP contribution in [-0.2, 0) is 6.61 Å². The molecule has 1 aromatic heterocycles. The molecular formula is C18H22N2O4. The van der Waals surface area contributed by atoms with Gasteiger partial charge < -0.3 is 14.2 Å². The lowest BCUT2D eigenvalue weighted by atomic mass is 10.1. The van der Waals surface area contributed by atoms with Crippen molar-refractivity contribution in [1.82, 2.24) is 10.1 Å². The standard InChI is InChI=1S/C18H22N2O4/c1-5-20(12(2)3)18(22)17-10-16(24-19-17)11-23-15-8-6-14(7-9-15)13(4)21/h6-10,12H,5,11H2,1-4H3. The second-order valence-corrected chi connectivity index (χ2v) is 5.73. The molecule has 128 valence electrons. The fourth-order valence-electron chi connectivity index (χ4n) is 2.31. The van der Waals surface area contributed by atoms with Crippen molar-refractivity contribution >= 4 is 11.7 Å². The molecule has 1 aromatic carbocycles. The summed E-state index contributed by atoms with van der Waals surface area (Å²) in [4.78, 5) is 25.3. The van der Waals surface area contributed by atoms with E-state index >= 15 is 0 Å². The molecule has 0 aliphatic carbocycles. The van der Waals surface area contributed by atoms with Crippen LogP contribution >= 0.6 is 0 Å². The Morgan fingerprint density at radius 2 is 1.92 bits per heavy atom. The summed E-state index contributed by atoms with van der Waals surface area (Å²) in [5.41, 5.74) is 0.902. The number of benzene rings is 1. The highest BCUT2D eigenvalue weighted by Crippen LogP contribution is 2.16. The number of ether oxygens (including phenoxy) is 1. The molecule has 2 rings (SSSR count). The number of nitrogens with zero attached hydrogens (tertiary/aromatic N) is 2. The maximum Gasteiger partial charge on any atom is 0.276 e. The maximum absolute atomic E-state index is 12.3. The van der Waals surface area contributed by atoms with Crippen molar-refractivity contribution < 1.29 is 18.8 Å². The third-order valence-corrected chi connectivity index (χ3v) is 3.64. The van der Waals surface area contributed by atoms with Gasteiger partial charge in [0.2, 0.25) is 0 Å². The van der Waals surface area contributed by atoms with Crippen LogP contribution in [0.25, 0.3) is 0 Å². The van der Waals surface area contributed by atoms with E-state index in [4.69, 9.17) is 9.26 Å². The largest absolute Gasteiger partial charge is 0.486 e. The van der Waals surface area contributed by atoms with Crippen LogP contribution in [0.15, 0.2) is 34.9 Å². The Bertz CT molecular complexity index is 704. The minimum atomic E-state index is -0.159. The Balaban J connectivity index is 1.98. The topological polar surface area (TPSA) is 72.6 Å². The average molecular weight is 330 g/mol. The summed E-state index contributed by atoms with van der Waals surface area (Å²) in [6, 6.07) is 8.53. The number of hydrogen-bond donors (Lipinski definition) is 0. The van der Waals surface area contributed by atoms with Gasteiger partial charge in [-0.25, -0.2) is 0 Å². The third-order valence-electron chi connectivity index (χ3n) is 3.64. The van der Waals surface area contributed by atoms with Crippen molar-refractivity contribution in [3.63, 3.8) is 0 Å². The van der Waals surface area contributed by atoms with Gasteiger partial charge in [-0.15, -0.1) is 0 Å². The van der Waals surface area contributed by atoms with Gasteiger partial charge in [-0.2, -0.15) is 0 Å². The Hall–Kier alpha value is -2.63. The summed E-state index contributed by atoms with van der Waals surface area (Å²) in [5.74, 6) is 0.925. The van der Waals surface area contributed by atoms with Gasteiger partial charge in [0, 0.05) is 24.2 Å². The molecule has 0 radical (unpaired) electrons. The number of amides is 1. The van der Waals surface area contributed by atoms with E-state index in [1.54, 1.807) is 35.2 Å². The zero-order chi connectivity index (χ0) is 17.7. The number of carbonyl (C=O) groups excluding carboxylic acids is 2. The lowest BCUT2D eigenvalue weighted by molar-refractivity contribution is 0.0706. The van der Waals surface area contributed by atoms with Gasteiger partial charge in [0.1, 0.15) is 12.4 Å². The molecule has 0 atom stereocenters. The first-order chi connectivity index (χ1) is 11.4. The first-order valence-electron chi connectivity index (χ1n) is 7.92. The van der Waals surface area contributed by atoms with Crippen molar-refractivity contribution in [2.75, 3.05) is 6.54 Å². The van der Waals surface area contributed by atoms with Gasteiger partial charge in [0.25, 0.3) is 5.91 Å². The van der Waals surface area contributed by atoms with E-state index in [9.17, 15) is 9.59 Å². The molecular weight excluding hydrogens is 308 g/mol. The summed E-state index contributed by atoms with van der Waals surface area (Å²) >= 11 is 0. The van der Waals surface area contributed by atoms with Crippen LogP contribution in [0.1, 0.15) is 54.3 Å². The minimum Gasteiger partial charge on any atom is -0.486 e. The number of ketones is 1. The van der Waals surface area contributed by atoms with Gasteiger partial charge in [0.05, 0.1) is 0 Å². The Kier molecular flexibility index (Phi) is 5.73. The first-order valence-corrected chi connectivity index (χ1v) is 7.92. The van der Waals surface area contributed by atoms with Gasteiger partial charge in [-0.05, 0) is 52.0 Å². The van der Waals surface area contributed by atoms with Crippen molar-refractivity contribution in [2.45, 2.75) is 40.3 Å². The van der Waals surface area contributed by atoms with Crippen molar-refractivity contribution in [2.24, 2.45) is 0 Å². The zero-order valence-corrected chi connectivity index (χ0v) is 14.4. The second kappa shape index (κ2) is 7.77. The van der Waals surface area contributed by atoms with Gasteiger partial charge in [-0.3, -0.25) is 9.59 Å². The van der Waals surface area contributed by atoms with Crippen molar-refractivity contribution in [3.05, 3.63) is 47.3 Å². The molecule has 0 saturated carbocycles. The van der Waals surface area contributed by atoms with Crippen LogP contribution in [0.3, 0.4) is 0 Å². The highest BCUT2D eigenvalue weighted by molar-refractivity contribution is 5.94. The van der Waals surface area contributed by atoms with Gasteiger partial charge in [-0.1, -0.05) is 5.16 Å². The predicted molar refractivity (Wildman–Crippen MR) is 89.1 cm³/mol. The molecule has 24 heavy (non-hydrogen) atoms. The molecule has 0 unspecified atom stereocenters. The third kappa shape index (κ3) is 4.22. The van der Waals surface area contributed by atoms with E-state index in [0.717, 1.165) is 0 Å². The molecule has 0 saturated heterocycles. The van der Waals surface area contributed by atoms with Crippen molar-refractivity contribution in [1.29, 1.82) is 0 Å². The van der Waals surface area contributed by atoms with Crippen LogP contribution in [-0.4, -0.2) is 34.3 Å². The van der Waals surface area contributed by atoms with E-state index in [2.05, 4.69) is 5.16 Å². The number of Topliss-reactive ketones (excluding diaryl/α,β-unsaturated/α-hetero) is 1. The molecule has 2 aromatic rings. The Morgan fingerprint density at radius 3 is 2.46 bits per heavy atom. The number of hydrogen-bond acceptors (Lipinski definition) is 5. The molecule has 0 aliphatic rings. The highest BCUT2D eigenvalue weighted by Gasteiger charge is 2.21. The van der Waals surface area contributed by atoms with Crippen LogP contribution in [0, 0.1) is 0 Å². The van der Waals surface area contributed by atoms with E-state index in [1.165, 1.54) is 6.92 Å². The van der Waals surface area contributed by atoms with Crippen LogP contribution in [0.2, 0.25) is 0 Å². The van der Waals surface area contributed by atoms with E-state index in [-0.39, 0.29) is 30.0 Å². The number of aromatic nitrogens is 1. The molecule has 0 bridgehead atoms. The van der Waals surface area contributed by atoms with Crippen molar-refractivity contribution in [3.8, 4) is 5.75 Å². The average Bonchev–Trinajstić information content (AvgIpc) is 3.02. The zero-order valence-electron chi connectivity index (χ0n) is 14.4. The summed E-state index contributed by atoms with van der Waals surface area (Å²) in [6.45, 7) is 8.12. The predicted octanol–water partition coefficient (Wildman–Crippen LogP) is 3.33. The van der Waals surface area contributed by atoms with Crippen LogP contribution in [0.4, 0.5) is 0 Å². The Morgan fingerprint density at radius 1 is 1.25 bits per heavy atom. The quantitative estimate of drug-likeness (QED) is 0.728. The monoisotopic (exact) mass is 330 g/mol. The van der Waals surface area contributed by atoms with E-state index < -0.39 is 0 Å². The van der Waals surface area contributed by atoms with E-state index in [0.29, 0.717) is 23.6 Å². The smallest absolute Gasteiger partial charge is 0.276 e. The van der Waals surface area contributed by atoms with E-state index in [1.807, 2.05) is 20.8 Å². The summed E-state index contributed by atoms with van der Waals surface area (Å²) in [5, 5.41) is 3.83. The molecule has 1 heterocycles. The van der Waals surface area contributed by atoms with Gasteiger partial charge >= 0.3 is 0 Å². The molecule has 0 fully saturated rings. The highest BCUT2D eigenvalue weighted by atomic mass is 16.5. The number of carbonyl (C=O) groups is 2. The SMILES string of the molecule is CCN(C(=O)c1cc(COc2ccc(C(C)=O)cc2)on1)C(C)C. The first kappa shape index (κ1) is 17.7. The van der Waals surface area contributed by atoms with Crippen LogP contribution in [0.5, 0.6) is 5.75 Å². The molecule has 0 N–H and O–H groups in total. The lowest BCUT2D eigenvalue weighted by Gasteiger charge is -2.23. The molecule has 6 nitrogen and oxygen atoms in total. The second-order valence-electron chi connectivity index (χ2n) is 5.73. The fourth-order valence-corrected chi connectivity index (χ4v) is 2.31. The summed E-state index contributed by atoms with van der Waals surface area (Å²) in [6.07, 6.45) is 0.